The number of aromatic carboxylic acids is 1. The molecule has 0 bridgehead atoms. The van der Waals surface area contributed by atoms with E-state index in [0.29, 0.717) is 28.8 Å². The fourth-order valence-electron chi connectivity index (χ4n) is 2.09. The smallest absolute Gasteiger partial charge is 0.543 e. The largest absolute Gasteiger partial charge is 1.00 e. The van der Waals surface area contributed by atoms with Gasteiger partial charge in [-0.05, 0) is 30.5 Å². The Kier molecular flexibility index (Phi) is 8.59. The molecule has 2 rings (SSSR count). The maximum atomic E-state index is 13.0. The summed E-state index contributed by atoms with van der Waals surface area (Å²) in [5.74, 6) is -0.665. The molecule has 0 atom stereocenters. The molecule has 1 heterocycles. The summed E-state index contributed by atoms with van der Waals surface area (Å²) in [7, 11) is 0. The van der Waals surface area contributed by atoms with E-state index in [1.54, 1.807) is 0 Å². The normalized spacial score (nSPS) is 11.3. The molecule has 1 aromatic heterocycles. The number of aromatic nitrogens is 1. The number of thiazole rings is 1. The van der Waals surface area contributed by atoms with Gasteiger partial charge in [-0.3, -0.25) is 0 Å². The van der Waals surface area contributed by atoms with Crippen molar-refractivity contribution in [3.05, 3.63) is 45.4 Å². The summed E-state index contributed by atoms with van der Waals surface area (Å²) in [6, 6.07) is 3.29. The summed E-state index contributed by atoms with van der Waals surface area (Å²) in [6.45, 7) is 4.43. The molecule has 136 valence electrons. The van der Waals surface area contributed by atoms with Gasteiger partial charge in [0.1, 0.15) is 5.75 Å². The van der Waals surface area contributed by atoms with E-state index in [9.17, 15) is 23.1 Å². The maximum absolute atomic E-state index is 13.0. The summed E-state index contributed by atoms with van der Waals surface area (Å²) in [5, 5.41) is 12.5. The van der Waals surface area contributed by atoms with Gasteiger partial charge >= 0.3 is 35.7 Å². The summed E-state index contributed by atoms with van der Waals surface area (Å²) in [6.07, 6.45) is -3.64. The molecule has 0 spiro atoms. The van der Waals surface area contributed by atoms with Crippen molar-refractivity contribution in [3.8, 4) is 5.75 Å². The minimum Gasteiger partial charge on any atom is -0.543 e. The number of carbonyl (C=O) groups is 1. The molecule has 0 fully saturated rings. The van der Waals surface area contributed by atoms with Gasteiger partial charge in [-0.1, -0.05) is 13.8 Å². The number of hydrogen-bond donors (Lipinski definition) is 0. The predicted molar refractivity (Wildman–Crippen MR) is 85.6 cm³/mol. The Bertz CT molecular complexity index is 747. The Morgan fingerprint density at radius 1 is 1.35 bits per heavy atom. The molecule has 9 heteroatoms. The predicted octanol–water partition coefficient (Wildman–Crippen LogP) is 0.545. The van der Waals surface area contributed by atoms with Crippen molar-refractivity contribution in [2.45, 2.75) is 32.9 Å². The van der Waals surface area contributed by atoms with Crippen LogP contribution >= 0.6 is 11.3 Å². The Hall–Kier alpha value is -1.09. The Balaban J connectivity index is 0.00000338. The zero-order valence-electron chi connectivity index (χ0n) is 14.7. The van der Waals surface area contributed by atoms with Crippen LogP contribution in [0.4, 0.5) is 13.2 Å². The number of benzene rings is 1. The van der Waals surface area contributed by atoms with E-state index in [1.165, 1.54) is 11.4 Å². The van der Waals surface area contributed by atoms with E-state index in [-0.39, 0.29) is 41.7 Å². The fraction of sp³-hybridized carbons (Fsp3) is 0.412. The van der Waals surface area contributed by atoms with Crippen LogP contribution in [0, 0.1) is 5.92 Å². The topological polar surface area (TPSA) is 62.2 Å². The standard InChI is InChI=1S/C17H18F3NO3S.Na/c1-10(2)5-6-24-14-4-3-12(17(18,19)20)7-11(14)8-15-21-13(9-25-15)16(22)23;/h3-4,7,9-10H,5-6,8H2,1-2H3,(H,22,23);/q;+1/p-1. The van der Waals surface area contributed by atoms with E-state index in [2.05, 4.69) is 4.98 Å². The average Bonchev–Trinajstić information content (AvgIpc) is 2.96. The van der Waals surface area contributed by atoms with Crippen LogP contribution in [-0.4, -0.2) is 17.6 Å². The molecule has 0 aliphatic carbocycles. The minimum atomic E-state index is -4.47. The summed E-state index contributed by atoms with van der Waals surface area (Å²) < 4.78 is 44.5. The number of hydrogen-bond acceptors (Lipinski definition) is 5. The van der Waals surface area contributed by atoms with Crippen LogP contribution in [0.1, 0.15) is 46.9 Å². The summed E-state index contributed by atoms with van der Waals surface area (Å²) in [5.41, 5.74) is -0.692. The van der Waals surface area contributed by atoms with Crippen LogP contribution in [0.25, 0.3) is 0 Å². The second-order valence-electron chi connectivity index (χ2n) is 5.94. The van der Waals surface area contributed by atoms with Crippen LogP contribution in [0.3, 0.4) is 0 Å². The van der Waals surface area contributed by atoms with Crippen molar-refractivity contribution < 1.29 is 57.4 Å². The molecule has 0 saturated heterocycles. The number of halogens is 3. The molecule has 0 N–H and O–H groups in total. The number of nitrogens with zero attached hydrogens (tertiary/aromatic N) is 1. The van der Waals surface area contributed by atoms with Crippen molar-refractivity contribution in [1.82, 2.24) is 4.98 Å². The summed E-state index contributed by atoms with van der Waals surface area (Å²) >= 11 is 1.05. The van der Waals surface area contributed by atoms with Crippen molar-refractivity contribution in [3.63, 3.8) is 0 Å². The second-order valence-corrected chi connectivity index (χ2v) is 6.88. The quantitative estimate of drug-likeness (QED) is 0.643. The van der Waals surface area contributed by atoms with Crippen molar-refractivity contribution in [1.29, 1.82) is 0 Å². The van der Waals surface area contributed by atoms with Crippen LogP contribution in [0.5, 0.6) is 5.75 Å². The second kappa shape index (κ2) is 9.73. The van der Waals surface area contributed by atoms with E-state index in [4.69, 9.17) is 4.74 Å². The average molecular weight is 395 g/mol. The molecule has 0 saturated carbocycles. The van der Waals surface area contributed by atoms with Gasteiger partial charge in [0.2, 0.25) is 0 Å². The molecule has 0 amide bonds. The molecule has 26 heavy (non-hydrogen) atoms. The Morgan fingerprint density at radius 3 is 2.58 bits per heavy atom. The fourth-order valence-corrected chi connectivity index (χ4v) is 2.87. The van der Waals surface area contributed by atoms with Gasteiger partial charge in [0, 0.05) is 17.4 Å². The van der Waals surface area contributed by atoms with Crippen molar-refractivity contribution in [2.75, 3.05) is 6.61 Å². The molecule has 2 aromatic rings. The molecule has 0 unspecified atom stereocenters. The van der Waals surface area contributed by atoms with Gasteiger partial charge in [0.05, 0.1) is 28.8 Å². The molecule has 4 nitrogen and oxygen atoms in total. The van der Waals surface area contributed by atoms with E-state index in [0.717, 1.165) is 29.9 Å². The molecule has 0 radical (unpaired) electrons. The number of carboxylic acids is 1. The van der Waals surface area contributed by atoms with Crippen LogP contribution in [0.15, 0.2) is 23.6 Å². The third-order valence-corrected chi connectivity index (χ3v) is 4.29. The van der Waals surface area contributed by atoms with Gasteiger partial charge in [0.15, 0.2) is 0 Å². The Morgan fingerprint density at radius 2 is 2.04 bits per heavy atom. The first-order valence-electron chi connectivity index (χ1n) is 7.65. The molecular formula is C17H17F3NNaO3S. The van der Waals surface area contributed by atoms with Crippen LogP contribution in [0.2, 0.25) is 0 Å². The van der Waals surface area contributed by atoms with Gasteiger partial charge in [-0.15, -0.1) is 11.3 Å². The first-order valence-corrected chi connectivity index (χ1v) is 8.53. The third-order valence-electron chi connectivity index (χ3n) is 3.44. The monoisotopic (exact) mass is 395 g/mol. The molecular weight excluding hydrogens is 378 g/mol. The van der Waals surface area contributed by atoms with Crippen molar-refractivity contribution >= 4 is 17.3 Å². The zero-order valence-corrected chi connectivity index (χ0v) is 17.5. The number of carbonyl (C=O) groups excluding carboxylic acids is 1. The molecule has 1 aromatic carbocycles. The van der Waals surface area contributed by atoms with Crippen LogP contribution in [-0.2, 0) is 12.6 Å². The Labute approximate surface area is 175 Å². The number of carboxylic acid groups (broad SMARTS) is 1. The molecule has 0 aliphatic rings. The number of rotatable bonds is 7. The van der Waals surface area contributed by atoms with Gasteiger partial charge in [0.25, 0.3) is 0 Å². The summed E-state index contributed by atoms with van der Waals surface area (Å²) in [4.78, 5) is 14.7. The SMILES string of the molecule is CC(C)CCOc1ccc(C(F)(F)F)cc1Cc1nc(C(=O)[O-])cs1.[Na+]. The van der Waals surface area contributed by atoms with Crippen LogP contribution < -0.4 is 39.4 Å². The van der Waals surface area contributed by atoms with Gasteiger partial charge in [-0.2, -0.15) is 13.2 Å². The number of alkyl halides is 3. The maximum Gasteiger partial charge on any atom is 1.00 e. The molecule has 0 aliphatic heterocycles. The van der Waals surface area contributed by atoms with E-state index in [1.807, 2.05) is 13.8 Å². The van der Waals surface area contributed by atoms with E-state index >= 15 is 0 Å². The zero-order chi connectivity index (χ0) is 18.6. The van der Waals surface area contributed by atoms with Crippen molar-refractivity contribution in [2.24, 2.45) is 5.92 Å². The first-order chi connectivity index (χ1) is 11.7. The van der Waals surface area contributed by atoms with Gasteiger partial charge in [-0.25, -0.2) is 4.98 Å². The number of ether oxygens (including phenoxy) is 1. The minimum absolute atomic E-state index is 0. The van der Waals surface area contributed by atoms with Gasteiger partial charge < -0.3 is 14.6 Å². The third kappa shape index (κ3) is 6.57. The first kappa shape index (κ1) is 23.0. The van der Waals surface area contributed by atoms with E-state index < -0.39 is 17.7 Å².